The SMILES string of the molecule is Cc1cc(Cl)nc(Cl)c1NC1CCCC(C)(C)CC1. The Morgan fingerprint density at radius 1 is 1.26 bits per heavy atom. The van der Waals surface area contributed by atoms with E-state index in [-0.39, 0.29) is 0 Å². The molecule has 1 heterocycles. The molecule has 0 aliphatic heterocycles. The van der Waals surface area contributed by atoms with Crippen LogP contribution in [0.15, 0.2) is 6.07 Å². The second-order valence-corrected chi connectivity index (χ2v) is 7.11. The Morgan fingerprint density at radius 2 is 2.00 bits per heavy atom. The van der Waals surface area contributed by atoms with Crippen molar-refractivity contribution in [3.05, 3.63) is 21.9 Å². The van der Waals surface area contributed by atoms with E-state index in [1.807, 2.05) is 13.0 Å². The van der Waals surface area contributed by atoms with Gasteiger partial charge in [-0.25, -0.2) is 4.98 Å². The molecule has 1 fully saturated rings. The Labute approximate surface area is 125 Å². The quantitative estimate of drug-likeness (QED) is 0.579. The van der Waals surface area contributed by atoms with Gasteiger partial charge in [-0.2, -0.15) is 0 Å². The Morgan fingerprint density at radius 3 is 2.68 bits per heavy atom. The summed E-state index contributed by atoms with van der Waals surface area (Å²) in [6, 6.07) is 2.34. The number of nitrogens with one attached hydrogen (secondary N) is 1. The molecule has 19 heavy (non-hydrogen) atoms. The first-order valence-electron chi connectivity index (χ1n) is 6.96. The molecule has 2 nitrogen and oxygen atoms in total. The smallest absolute Gasteiger partial charge is 0.154 e. The highest BCUT2D eigenvalue weighted by Gasteiger charge is 2.25. The molecule has 1 N–H and O–H groups in total. The van der Waals surface area contributed by atoms with Crippen LogP contribution in [0.4, 0.5) is 5.69 Å². The van der Waals surface area contributed by atoms with Gasteiger partial charge >= 0.3 is 0 Å². The fourth-order valence-electron chi connectivity index (χ4n) is 2.78. The molecule has 0 aromatic carbocycles. The lowest BCUT2D eigenvalue weighted by atomic mass is 9.85. The number of hydrogen-bond acceptors (Lipinski definition) is 2. The monoisotopic (exact) mass is 300 g/mol. The molecule has 4 heteroatoms. The molecule has 0 saturated heterocycles. The summed E-state index contributed by atoms with van der Waals surface area (Å²) in [5, 5.41) is 4.50. The fraction of sp³-hybridized carbons (Fsp3) is 0.667. The Balaban J connectivity index is 2.09. The molecule has 1 aliphatic carbocycles. The molecule has 1 unspecified atom stereocenters. The van der Waals surface area contributed by atoms with Gasteiger partial charge in [0, 0.05) is 6.04 Å². The van der Waals surface area contributed by atoms with Crippen molar-refractivity contribution in [2.45, 2.75) is 58.9 Å². The number of aromatic nitrogens is 1. The van der Waals surface area contributed by atoms with Crippen molar-refractivity contribution in [3.8, 4) is 0 Å². The van der Waals surface area contributed by atoms with E-state index >= 15 is 0 Å². The zero-order chi connectivity index (χ0) is 14.0. The zero-order valence-electron chi connectivity index (χ0n) is 11.9. The molecule has 1 aromatic rings. The van der Waals surface area contributed by atoms with E-state index in [0.717, 1.165) is 11.3 Å². The molecule has 0 radical (unpaired) electrons. The summed E-state index contributed by atoms with van der Waals surface area (Å²) in [6.45, 7) is 6.73. The summed E-state index contributed by atoms with van der Waals surface area (Å²) >= 11 is 12.1. The minimum atomic E-state index is 0.454. The van der Waals surface area contributed by atoms with Crippen LogP contribution in [0, 0.1) is 12.3 Å². The summed E-state index contributed by atoms with van der Waals surface area (Å²) in [4.78, 5) is 4.12. The summed E-state index contributed by atoms with van der Waals surface area (Å²) in [5.41, 5.74) is 2.47. The van der Waals surface area contributed by atoms with Gasteiger partial charge in [0.25, 0.3) is 0 Å². The first kappa shape index (κ1) is 14.9. The van der Waals surface area contributed by atoms with Crippen LogP contribution in [0.5, 0.6) is 0 Å². The van der Waals surface area contributed by atoms with E-state index in [0.29, 0.717) is 21.8 Å². The van der Waals surface area contributed by atoms with Crippen molar-refractivity contribution < 1.29 is 0 Å². The average Bonchev–Trinajstić information content (AvgIpc) is 2.45. The summed E-state index contributed by atoms with van der Waals surface area (Å²) in [6.07, 6.45) is 6.20. The van der Waals surface area contributed by atoms with Crippen molar-refractivity contribution in [3.63, 3.8) is 0 Å². The lowest BCUT2D eigenvalue weighted by Gasteiger charge is -2.23. The van der Waals surface area contributed by atoms with Crippen LogP contribution in [0.2, 0.25) is 10.3 Å². The van der Waals surface area contributed by atoms with Gasteiger partial charge in [-0.15, -0.1) is 0 Å². The van der Waals surface area contributed by atoms with E-state index in [1.165, 1.54) is 32.1 Å². The van der Waals surface area contributed by atoms with Crippen molar-refractivity contribution in [1.29, 1.82) is 0 Å². The largest absolute Gasteiger partial charge is 0.380 e. The van der Waals surface area contributed by atoms with E-state index < -0.39 is 0 Å². The topological polar surface area (TPSA) is 24.9 Å². The van der Waals surface area contributed by atoms with Crippen LogP contribution in [0.25, 0.3) is 0 Å². The summed E-state index contributed by atoms with van der Waals surface area (Å²) in [7, 11) is 0. The highest BCUT2D eigenvalue weighted by Crippen LogP contribution is 2.36. The zero-order valence-corrected chi connectivity index (χ0v) is 13.4. The van der Waals surface area contributed by atoms with E-state index in [2.05, 4.69) is 24.1 Å². The number of anilines is 1. The highest BCUT2D eigenvalue weighted by atomic mass is 35.5. The first-order chi connectivity index (χ1) is 8.87. The molecular weight excluding hydrogens is 279 g/mol. The van der Waals surface area contributed by atoms with Crippen LogP contribution < -0.4 is 5.32 Å². The lowest BCUT2D eigenvalue weighted by Crippen LogP contribution is -2.20. The third-order valence-corrected chi connectivity index (χ3v) is 4.53. The molecule has 1 aliphatic rings. The molecule has 0 spiro atoms. The van der Waals surface area contributed by atoms with Gasteiger partial charge in [-0.1, -0.05) is 43.5 Å². The van der Waals surface area contributed by atoms with Gasteiger partial charge in [-0.05, 0) is 49.7 Å². The number of aryl methyl sites for hydroxylation is 1. The van der Waals surface area contributed by atoms with Gasteiger partial charge < -0.3 is 5.32 Å². The van der Waals surface area contributed by atoms with Crippen LogP contribution >= 0.6 is 23.2 Å². The number of hydrogen-bond donors (Lipinski definition) is 1. The predicted octanol–water partition coefficient (Wildman–Crippen LogP) is 5.47. The maximum Gasteiger partial charge on any atom is 0.154 e. The highest BCUT2D eigenvalue weighted by molar-refractivity contribution is 6.34. The first-order valence-corrected chi connectivity index (χ1v) is 7.72. The molecular formula is C15H22Cl2N2. The van der Waals surface area contributed by atoms with Crippen molar-refractivity contribution in [1.82, 2.24) is 4.98 Å². The van der Waals surface area contributed by atoms with Gasteiger partial charge in [0.2, 0.25) is 0 Å². The minimum absolute atomic E-state index is 0.454. The Hall–Kier alpha value is -0.470. The second kappa shape index (κ2) is 5.88. The van der Waals surface area contributed by atoms with Crippen LogP contribution in [-0.4, -0.2) is 11.0 Å². The maximum atomic E-state index is 6.19. The molecule has 0 amide bonds. The van der Waals surface area contributed by atoms with E-state index in [4.69, 9.17) is 23.2 Å². The van der Waals surface area contributed by atoms with E-state index in [9.17, 15) is 0 Å². The predicted molar refractivity (Wildman–Crippen MR) is 83.3 cm³/mol. The lowest BCUT2D eigenvalue weighted by molar-refractivity contribution is 0.313. The van der Waals surface area contributed by atoms with Crippen LogP contribution in [0.1, 0.15) is 51.5 Å². The molecule has 1 saturated carbocycles. The molecule has 106 valence electrons. The number of rotatable bonds is 2. The third kappa shape index (κ3) is 4.00. The Bertz CT molecular complexity index is 434. The third-order valence-electron chi connectivity index (χ3n) is 4.07. The van der Waals surface area contributed by atoms with Crippen LogP contribution in [-0.2, 0) is 0 Å². The van der Waals surface area contributed by atoms with Gasteiger partial charge in [0.1, 0.15) is 5.15 Å². The fourth-order valence-corrected chi connectivity index (χ4v) is 3.36. The number of halogens is 2. The van der Waals surface area contributed by atoms with Crippen molar-refractivity contribution in [2.75, 3.05) is 5.32 Å². The summed E-state index contributed by atoms with van der Waals surface area (Å²) < 4.78 is 0. The standard InChI is InChI=1S/C15H22Cl2N2/c1-10-9-12(16)19-14(17)13(10)18-11-5-4-7-15(2,3)8-6-11/h9,11,18H,4-8H2,1-3H3. The summed E-state index contributed by atoms with van der Waals surface area (Å²) in [5.74, 6) is 0. The number of nitrogens with zero attached hydrogens (tertiary/aromatic N) is 1. The molecule has 1 atom stereocenters. The van der Waals surface area contributed by atoms with Crippen LogP contribution in [0.3, 0.4) is 0 Å². The molecule has 1 aromatic heterocycles. The number of pyridine rings is 1. The van der Waals surface area contributed by atoms with Crippen molar-refractivity contribution in [2.24, 2.45) is 5.41 Å². The second-order valence-electron chi connectivity index (χ2n) is 6.36. The minimum Gasteiger partial charge on any atom is -0.380 e. The van der Waals surface area contributed by atoms with Gasteiger partial charge in [0.15, 0.2) is 5.15 Å². The molecule has 0 bridgehead atoms. The normalized spacial score (nSPS) is 22.9. The van der Waals surface area contributed by atoms with Gasteiger partial charge in [-0.3, -0.25) is 0 Å². The maximum absolute atomic E-state index is 6.19. The van der Waals surface area contributed by atoms with Crippen molar-refractivity contribution >= 4 is 28.9 Å². The molecule has 2 rings (SSSR count). The van der Waals surface area contributed by atoms with E-state index in [1.54, 1.807) is 0 Å². The van der Waals surface area contributed by atoms with Gasteiger partial charge in [0.05, 0.1) is 5.69 Å². The Kier molecular flexibility index (Phi) is 4.62. The average molecular weight is 301 g/mol.